The summed E-state index contributed by atoms with van der Waals surface area (Å²) in [5.41, 5.74) is 7.23. The number of aromatic nitrogens is 3. The molecule has 0 radical (unpaired) electrons. The van der Waals surface area contributed by atoms with Crippen LogP contribution in [0.3, 0.4) is 0 Å². The standard InChI is InChI=1S/C33H40N8O4S2/c1-6-40(21-20-34-47(5,43)44)28-16-19-30(24(3)22-28)35-32-25(4)38-41-31(36-37-33(32)41)9-7-8-26-12-14-27(15-13-26)39-46(42)45-29-17-10-23(2)11-18-29/h10-19,22,34,39H,6-9,20-21H2,1-5H3. The van der Waals surface area contributed by atoms with E-state index in [9.17, 15) is 12.6 Å². The number of hydrogen-bond acceptors (Lipinski definition) is 9. The molecule has 0 saturated heterocycles. The number of rotatable bonds is 15. The van der Waals surface area contributed by atoms with Crippen LogP contribution in [-0.2, 0) is 34.1 Å². The van der Waals surface area contributed by atoms with E-state index in [-0.39, 0.29) is 0 Å². The quantitative estimate of drug-likeness (QED) is 0.183. The zero-order chi connectivity index (χ0) is 33.6. The fraction of sp³-hybridized carbons (Fsp3) is 0.333. The summed E-state index contributed by atoms with van der Waals surface area (Å²) < 4.78 is 47.9. The van der Waals surface area contributed by atoms with Gasteiger partial charge in [0.15, 0.2) is 5.82 Å². The molecule has 0 bridgehead atoms. The summed E-state index contributed by atoms with van der Waals surface area (Å²) in [7, 11) is -3.23. The zero-order valence-electron chi connectivity index (χ0n) is 27.2. The molecule has 248 valence electrons. The van der Waals surface area contributed by atoms with E-state index >= 15 is 0 Å². The average molecular weight is 677 g/mol. The number of benzene rings is 3. The second kappa shape index (κ2) is 15.0. The molecule has 1 aliphatic heterocycles. The van der Waals surface area contributed by atoms with Crippen molar-refractivity contribution < 1.29 is 16.8 Å². The van der Waals surface area contributed by atoms with Gasteiger partial charge in [0.2, 0.25) is 15.8 Å². The highest BCUT2D eigenvalue weighted by Gasteiger charge is 2.25. The van der Waals surface area contributed by atoms with Crippen LogP contribution >= 0.6 is 0 Å². The molecule has 1 aromatic heterocycles. The molecule has 5 rings (SSSR count). The van der Waals surface area contributed by atoms with E-state index < -0.39 is 21.3 Å². The van der Waals surface area contributed by atoms with E-state index in [2.05, 4.69) is 30.6 Å². The normalized spacial score (nSPS) is 14.1. The number of hydrogen-bond donors (Lipinski definition) is 2. The first kappa shape index (κ1) is 33.9. The van der Waals surface area contributed by atoms with Crippen molar-refractivity contribution in [3.63, 3.8) is 0 Å². The molecule has 1 unspecified atom stereocenters. The van der Waals surface area contributed by atoms with Gasteiger partial charge >= 0.3 is 11.3 Å². The minimum Gasteiger partial charge on any atom is -0.385 e. The summed E-state index contributed by atoms with van der Waals surface area (Å²) in [4.78, 5) is 7.03. The van der Waals surface area contributed by atoms with Crippen LogP contribution in [-0.4, -0.2) is 64.8 Å². The van der Waals surface area contributed by atoms with Crippen LogP contribution in [0.25, 0.3) is 0 Å². The van der Waals surface area contributed by atoms with Gasteiger partial charge in [-0.15, -0.1) is 10.2 Å². The maximum Gasteiger partial charge on any atom is 0.316 e. The maximum absolute atomic E-state index is 12.3. The minimum absolute atomic E-state index is 0.335. The number of likely N-dealkylation sites (N-methyl/N-ethyl adjacent to an activating group) is 1. The molecule has 2 N–H and O–H groups in total. The third-order valence-electron chi connectivity index (χ3n) is 7.63. The topological polar surface area (TPSA) is 143 Å². The van der Waals surface area contributed by atoms with Crippen molar-refractivity contribution in [3.05, 3.63) is 95.1 Å². The number of sulfonamides is 1. The fourth-order valence-corrected chi connectivity index (χ4v) is 6.24. The minimum atomic E-state index is -3.23. The van der Waals surface area contributed by atoms with Crippen molar-refractivity contribution in [2.45, 2.75) is 47.0 Å². The zero-order valence-corrected chi connectivity index (χ0v) is 28.9. The van der Waals surface area contributed by atoms with Crippen LogP contribution in [0.4, 0.5) is 17.1 Å². The van der Waals surface area contributed by atoms with Crippen LogP contribution in [0, 0.1) is 13.8 Å². The lowest BCUT2D eigenvalue weighted by Crippen LogP contribution is -2.34. The Morgan fingerprint density at radius 2 is 1.72 bits per heavy atom. The third kappa shape index (κ3) is 9.11. The van der Waals surface area contributed by atoms with E-state index in [0.717, 1.165) is 65.2 Å². The molecule has 4 aromatic rings. The lowest BCUT2D eigenvalue weighted by atomic mass is 10.1. The highest BCUT2D eigenvalue weighted by Crippen LogP contribution is 2.27. The first-order valence-electron chi connectivity index (χ1n) is 15.4. The molecule has 0 saturated carbocycles. The van der Waals surface area contributed by atoms with E-state index in [1.54, 1.807) is 16.8 Å². The van der Waals surface area contributed by atoms with Crippen LogP contribution in [0.2, 0.25) is 0 Å². The molecule has 1 atom stereocenters. The molecular formula is C33H40N8O4S2. The molecule has 3 aromatic carbocycles. The average Bonchev–Trinajstić information content (AvgIpc) is 3.56. The highest BCUT2D eigenvalue weighted by molar-refractivity contribution is 7.88. The smallest absolute Gasteiger partial charge is 0.316 e. The van der Waals surface area contributed by atoms with Gasteiger partial charge in [-0.3, -0.25) is 4.72 Å². The Balaban J connectivity index is 1.16. The van der Waals surface area contributed by atoms with E-state index in [4.69, 9.17) is 14.3 Å². The molecule has 47 heavy (non-hydrogen) atoms. The van der Waals surface area contributed by atoms with Gasteiger partial charge in [0.05, 0.1) is 17.7 Å². The Morgan fingerprint density at radius 3 is 2.40 bits per heavy atom. The van der Waals surface area contributed by atoms with Crippen LogP contribution in [0.1, 0.15) is 48.6 Å². The second-order valence-corrected chi connectivity index (χ2v) is 14.1. The number of aliphatic imine (C=N–C) groups is 1. The molecular weight excluding hydrogens is 637 g/mol. The molecule has 0 spiro atoms. The van der Waals surface area contributed by atoms with Crippen molar-refractivity contribution >= 4 is 49.8 Å². The van der Waals surface area contributed by atoms with Crippen LogP contribution in [0.5, 0.6) is 5.75 Å². The fourth-order valence-electron chi connectivity index (χ4n) is 5.12. The molecule has 14 heteroatoms. The maximum atomic E-state index is 12.3. The summed E-state index contributed by atoms with van der Waals surface area (Å²) in [6, 6.07) is 21.2. The number of fused-ring (bicyclic) bond motifs is 1. The lowest BCUT2D eigenvalue weighted by Gasteiger charge is -2.23. The summed E-state index contributed by atoms with van der Waals surface area (Å²) >= 11 is -1.70. The summed E-state index contributed by atoms with van der Waals surface area (Å²) in [5, 5.41) is 13.5. The largest absolute Gasteiger partial charge is 0.385 e. The van der Waals surface area contributed by atoms with Gasteiger partial charge in [-0.05, 0) is 94.1 Å². The van der Waals surface area contributed by atoms with Crippen molar-refractivity contribution in [3.8, 4) is 5.75 Å². The van der Waals surface area contributed by atoms with Gasteiger partial charge < -0.3 is 9.08 Å². The van der Waals surface area contributed by atoms with Gasteiger partial charge in [0.25, 0.3) is 0 Å². The monoisotopic (exact) mass is 676 g/mol. The van der Waals surface area contributed by atoms with Crippen molar-refractivity contribution in [2.24, 2.45) is 10.1 Å². The number of aryl methyl sites for hydroxylation is 4. The van der Waals surface area contributed by atoms with E-state index in [1.165, 1.54) is 0 Å². The first-order chi connectivity index (χ1) is 22.5. The van der Waals surface area contributed by atoms with E-state index in [0.29, 0.717) is 42.5 Å². The molecule has 0 amide bonds. The van der Waals surface area contributed by atoms with E-state index in [1.807, 2.05) is 76.2 Å². The highest BCUT2D eigenvalue weighted by atomic mass is 32.2. The van der Waals surface area contributed by atoms with Crippen LogP contribution < -0.4 is 18.5 Å². The molecule has 0 aliphatic carbocycles. The van der Waals surface area contributed by atoms with Gasteiger partial charge in [0.1, 0.15) is 11.5 Å². The lowest BCUT2D eigenvalue weighted by molar-refractivity contribution is 0.567. The molecule has 12 nitrogen and oxygen atoms in total. The Morgan fingerprint density at radius 1 is 0.979 bits per heavy atom. The third-order valence-corrected chi connectivity index (χ3v) is 9.10. The van der Waals surface area contributed by atoms with Crippen molar-refractivity contribution in [1.29, 1.82) is 0 Å². The Labute approximate surface area is 278 Å². The summed E-state index contributed by atoms with van der Waals surface area (Å²) in [6.07, 6.45) is 3.54. The number of nitrogens with one attached hydrogen (secondary N) is 2. The molecule has 2 heterocycles. The Bertz CT molecular complexity index is 1900. The molecule has 0 fully saturated rings. The molecule has 1 aliphatic rings. The van der Waals surface area contributed by atoms with Gasteiger partial charge in [0, 0.05) is 37.4 Å². The van der Waals surface area contributed by atoms with Gasteiger partial charge in [-0.2, -0.15) is 14.0 Å². The van der Waals surface area contributed by atoms with Crippen molar-refractivity contribution in [1.82, 2.24) is 19.6 Å². The number of nitrogens with zero attached hydrogens (tertiary/aromatic N) is 6. The summed E-state index contributed by atoms with van der Waals surface area (Å²) in [6.45, 7) is 9.58. The number of anilines is 2. The van der Waals surface area contributed by atoms with Crippen molar-refractivity contribution in [2.75, 3.05) is 35.5 Å². The predicted octanol–water partition coefficient (Wildman–Crippen LogP) is 4.87. The summed E-state index contributed by atoms with van der Waals surface area (Å²) in [5.74, 6) is 1.94. The van der Waals surface area contributed by atoms with Crippen LogP contribution in [0.15, 0.2) is 76.8 Å². The van der Waals surface area contributed by atoms with Gasteiger partial charge in [-0.25, -0.2) is 18.1 Å². The second-order valence-electron chi connectivity index (χ2n) is 11.4. The predicted molar refractivity (Wildman–Crippen MR) is 189 cm³/mol. The Hall–Kier alpha value is -4.40. The SMILES string of the molecule is CCN(CCNS(C)(=O)=O)c1ccc(N=C2C(C)=Nn3c(CCCc4ccc(NS(=O)Oc5ccc(C)cc5)cc4)nnc32)c(C)c1. The Kier molecular flexibility index (Phi) is 10.8. The first-order valence-corrected chi connectivity index (χ1v) is 18.4. The van der Waals surface area contributed by atoms with Gasteiger partial charge in [-0.1, -0.05) is 29.8 Å².